The molecule has 1 aliphatic rings. The monoisotopic (exact) mass is 349 g/mol. The molecule has 3 aromatic heterocycles. The van der Waals surface area contributed by atoms with Gasteiger partial charge in [0, 0.05) is 6.04 Å². The summed E-state index contributed by atoms with van der Waals surface area (Å²) in [7, 11) is 0. The first-order valence-corrected chi connectivity index (χ1v) is 8.65. The second kappa shape index (κ2) is 6.98. The van der Waals surface area contributed by atoms with Gasteiger partial charge in [-0.3, -0.25) is 0 Å². The van der Waals surface area contributed by atoms with Gasteiger partial charge in [-0.1, -0.05) is 6.07 Å². The largest absolute Gasteiger partial charge is 0.393 e. The molecule has 0 saturated heterocycles. The molecule has 1 saturated carbocycles. The number of aromatic nitrogens is 4. The number of hydrogen-bond acceptors (Lipinski definition) is 7. The Balaban J connectivity index is 1.54. The number of nitrogens with zero attached hydrogens (tertiary/aromatic N) is 5. The van der Waals surface area contributed by atoms with E-state index in [1.807, 2.05) is 24.3 Å². The fourth-order valence-electron chi connectivity index (χ4n) is 3.16. The number of aliphatic hydroxyl groups excluding tert-OH is 1. The van der Waals surface area contributed by atoms with Crippen LogP contribution in [0.5, 0.6) is 0 Å². The molecular formula is C18H19N7O. The Morgan fingerprint density at radius 1 is 1.15 bits per heavy atom. The van der Waals surface area contributed by atoms with Gasteiger partial charge in [0.05, 0.1) is 18.0 Å². The van der Waals surface area contributed by atoms with E-state index < -0.39 is 0 Å². The molecule has 132 valence electrons. The van der Waals surface area contributed by atoms with Crippen LogP contribution in [0.25, 0.3) is 5.65 Å². The summed E-state index contributed by atoms with van der Waals surface area (Å²) in [4.78, 5) is 8.51. The van der Waals surface area contributed by atoms with E-state index in [2.05, 4.69) is 25.7 Å². The molecule has 1 fully saturated rings. The Morgan fingerprint density at radius 3 is 2.73 bits per heavy atom. The molecule has 8 heteroatoms. The second-order valence-corrected chi connectivity index (χ2v) is 6.44. The van der Waals surface area contributed by atoms with Gasteiger partial charge in [-0.15, -0.1) is 5.10 Å². The predicted octanol–water partition coefficient (Wildman–Crippen LogP) is 2.45. The fraction of sp³-hybridized carbons (Fsp3) is 0.333. The van der Waals surface area contributed by atoms with E-state index in [0.717, 1.165) is 42.8 Å². The van der Waals surface area contributed by atoms with Crippen LogP contribution in [0.4, 0.5) is 17.5 Å². The van der Waals surface area contributed by atoms with Crippen LogP contribution in [0.1, 0.15) is 31.4 Å². The molecule has 3 aromatic rings. The van der Waals surface area contributed by atoms with Crippen LogP contribution < -0.4 is 10.6 Å². The molecular weight excluding hydrogens is 330 g/mol. The molecule has 0 aromatic carbocycles. The van der Waals surface area contributed by atoms with Gasteiger partial charge < -0.3 is 15.7 Å². The first-order chi connectivity index (χ1) is 12.7. The van der Waals surface area contributed by atoms with Crippen molar-refractivity contribution in [2.24, 2.45) is 0 Å². The molecule has 1 aliphatic carbocycles. The van der Waals surface area contributed by atoms with Crippen molar-refractivity contribution in [3.05, 3.63) is 42.2 Å². The molecule has 8 nitrogen and oxygen atoms in total. The lowest BCUT2D eigenvalue weighted by atomic mass is 9.93. The maximum Gasteiger partial charge on any atom is 0.247 e. The number of nitrogens with one attached hydrogen (secondary N) is 2. The molecule has 26 heavy (non-hydrogen) atoms. The smallest absolute Gasteiger partial charge is 0.247 e. The SMILES string of the molecule is N#Cc1ccc(Nc2nc3cccc(NC4CCC(O)CC4)n3n2)cn1. The van der Waals surface area contributed by atoms with Crippen molar-refractivity contribution in [2.45, 2.75) is 37.8 Å². The maximum absolute atomic E-state index is 9.65. The highest BCUT2D eigenvalue weighted by Crippen LogP contribution is 2.23. The Hall–Kier alpha value is -3.18. The lowest BCUT2D eigenvalue weighted by Crippen LogP contribution is -2.29. The summed E-state index contributed by atoms with van der Waals surface area (Å²) in [6.45, 7) is 0. The van der Waals surface area contributed by atoms with Crippen molar-refractivity contribution in [1.82, 2.24) is 19.6 Å². The number of nitriles is 1. The topological polar surface area (TPSA) is 111 Å². The maximum atomic E-state index is 9.65. The first kappa shape index (κ1) is 16.3. The summed E-state index contributed by atoms with van der Waals surface area (Å²) in [6, 6.07) is 11.5. The highest BCUT2D eigenvalue weighted by molar-refractivity contribution is 5.57. The molecule has 0 radical (unpaired) electrons. The molecule has 0 amide bonds. The van der Waals surface area contributed by atoms with Gasteiger partial charge in [0.25, 0.3) is 0 Å². The average molecular weight is 349 g/mol. The van der Waals surface area contributed by atoms with Crippen LogP contribution in [-0.2, 0) is 0 Å². The van der Waals surface area contributed by atoms with Crippen LogP contribution >= 0.6 is 0 Å². The van der Waals surface area contributed by atoms with Gasteiger partial charge in [0.2, 0.25) is 5.95 Å². The fourth-order valence-corrected chi connectivity index (χ4v) is 3.16. The third-order valence-electron chi connectivity index (χ3n) is 4.54. The zero-order valence-electron chi connectivity index (χ0n) is 14.1. The predicted molar refractivity (Wildman–Crippen MR) is 97.1 cm³/mol. The van der Waals surface area contributed by atoms with Gasteiger partial charge in [-0.25, -0.2) is 4.98 Å². The summed E-state index contributed by atoms with van der Waals surface area (Å²) in [5, 5.41) is 29.6. The third-order valence-corrected chi connectivity index (χ3v) is 4.54. The lowest BCUT2D eigenvalue weighted by molar-refractivity contribution is 0.126. The molecule has 0 spiro atoms. The van der Waals surface area contributed by atoms with Crippen molar-refractivity contribution < 1.29 is 5.11 Å². The van der Waals surface area contributed by atoms with Crippen LogP contribution in [0.3, 0.4) is 0 Å². The minimum absolute atomic E-state index is 0.174. The van der Waals surface area contributed by atoms with Gasteiger partial charge in [-0.05, 0) is 49.9 Å². The molecule has 0 unspecified atom stereocenters. The summed E-state index contributed by atoms with van der Waals surface area (Å²) >= 11 is 0. The van der Waals surface area contributed by atoms with E-state index in [4.69, 9.17) is 5.26 Å². The highest BCUT2D eigenvalue weighted by atomic mass is 16.3. The molecule has 0 bridgehead atoms. The second-order valence-electron chi connectivity index (χ2n) is 6.44. The summed E-state index contributed by atoms with van der Waals surface area (Å²) in [5.41, 5.74) is 1.81. The van der Waals surface area contributed by atoms with E-state index in [1.165, 1.54) is 0 Å². The Labute approximate surface area is 150 Å². The summed E-state index contributed by atoms with van der Waals surface area (Å²) < 4.78 is 1.77. The first-order valence-electron chi connectivity index (χ1n) is 8.65. The summed E-state index contributed by atoms with van der Waals surface area (Å²) in [6.07, 6.45) is 4.93. The normalized spacial score (nSPS) is 19.8. The highest BCUT2D eigenvalue weighted by Gasteiger charge is 2.20. The van der Waals surface area contributed by atoms with E-state index in [1.54, 1.807) is 22.8 Å². The zero-order valence-corrected chi connectivity index (χ0v) is 14.1. The molecule has 0 aliphatic heterocycles. The van der Waals surface area contributed by atoms with Gasteiger partial charge >= 0.3 is 0 Å². The standard InChI is InChI=1S/C18H19N7O/c19-10-13-4-5-14(11-20-13)22-18-23-17-3-1-2-16(25(17)24-18)21-12-6-8-15(26)9-7-12/h1-5,11-12,15,21,26H,6-9H2,(H,22,24). The van der Waals surface area contributed by atoms with Crippen molar-refractivity contribution in [1.29, 1.82) is 5.26 Å². The van der Waals surface area contributed by atoms with E-state index in [9.17, 15) is 5.11 Å². The number of anilines is 3. The minimum atomic E-state index is -0.174. The lowest BCUT2D eigenvalue weighted by Gasteiger charge is -2.26. The number of hydrogen-bond donors (Lipinski definition) is 3. The van der Waals surface area contributed by atoms with Crippen LogP contribution in [-0.4, -0.2) is 36.8 Å². The average Bonchev–Trinajstić information content (AvgIpc) is 3.08. The Bertz CT molecular complexity index is 936. The van der Waals surface area contributed by atoms with Crippen molar-refractivity contribution in [3.8, 4) is 6.07 Å². The van der Waals surface area contributed by atoms with Gasteiger partial charge in [0.1, 0.15) is 17.6 Å². The van der Waals surface area contributed by atoms with Gasteiger partial charge in [0.15, 0.2) is 5.65 Å². The minimum Gasteiger partial charge on any atom is -0.393 e. The molecule has 0 atom stereocenters. The quantitative estimate of drug-likeness (QED) is 0.663. The van der Waals surface area contributed by atoms with Crippen molar-refractivity contribution in [2.75, 3.05) is 10.6 Å². The van der Waals surface area contributed by atoms with Crippen LogP contribution in [0, 0.1) is 11.3 Å². The molecule has 4 rings (SSSR count). The van der Waals surface area contributed by atoms with Crippen LogP contribution in [0.15, 0.2) is 36.5 Å². The van der Waals surface area contributed by atoms with Crippen molar-refractivity contribution in [3.63, 3.8) is 0 Å². The number of pyridine rings is 2. The van der Waals surface area contributed by atoms with Crippen LogP contribution in [0.2, 0.25) is 0 Å². The number of fused-ring (bicyclic) bond motifs is 1. The van der Waals surface area contributed by atoms with Crippen molar-refractivity contribution >= 4 is 23.1 Å². The zero-order chi connectivity index (χ0) is 17.9. The number of rotatable bonds is 4. The van der Waals surface area contributed by atoms with E-state index in [-0.39, 0.29) is 6.10 Å². The Morgan fingerprint density at radius 2 is 2.00 bits per heavy atom. The molecule has 3 heterocycles. The number of aliphatic hydroxyl groups is 1. The Kier molecular flexibility index (Phi) is 4.37. The van der Waals surface area contributed by atoms with E-state index >= 15 is 0 Å². The molecule has 3 N–H and O–H groups in total. The van der Waals surface area contributed by atoms with Gasteiger partial charge in [-0.2, -0.15) is 14.8 Å². The van der Waals surface area contributed by atoms with E-state index in [0.29, 0.717) is 17.7 Å². The third kappa shape index (κ3) is 3.43. The summed E-state index contributed by atoms with van der Waals surface area (Å²) in [5.74, 6) is 1.34.